The molecule has 0 heterocycles. The van der Waals surface area contributed by atoms with Crippen LogP contribution in [0.3, 0.4) is 0 Å². The molecular weight excluding hydrogens is 344 g/mol. The van der Waals surface area contributed by atoms with Gasteiger partial charge in [-0.15, -0.1) is 0 Å². The number of hydrogen-bond acceptors (Lipinski definition) is 3. The first-order chi connectivity index (χ1) is 13.0. The molecule has 150 valence electrons. The van der Waals surface area contributed by atoms with Crippen molar-refractivity contribution in [3.63, 3.8) is 0 Å². The third-order valence-electron chi connectivity index (χ3n) is 4.33. The summed E-state index contributed by atoms with van der Waals surface area (Å²) in [5.74, 6) is -0.865. The van der Waals surface area contributed by atoms with Crippen LogP contribution in [0.15, 0.2) is 30.3 Å². The van der Waals surface area contributed by atoms with Crippen LogP contribution in [0.25, 0.3) is 0 Å². The molecule has 27 heavy (non-hydrogen) atoms. The Balaban J connectivity index is 2.22. The number of carbonyl (C=O) groups is 3. The van der Waals surface area contributed by atoms with Crippen molar-refractivity contribution in [1.82, 2.24) is 5.32 Å². The average molecular weight is 376 g/mol. The van der Waals surface area contributed by atoms with Crippen LogP contribution in [-0.2, 0) is 14.4 Å². The zero-order valence-corrected chi connectivity index (χ0v) is 16.2. The van der Waals surface area contributed by atoms with E-state index < -0.39 is 5.97 Å². The monoisotopic (exact) mass is 376 g/mol. The highest BCUT2D eigenvalue weighted by atomic mass is 16.4. The number of aliphatic carboxylic acids is 1. The molecular formula is C21H32N2O4. The first-order valence-corrected chi connectivity index (χ1v) is 9.87. The van der Waals surface area contributed by atoms with Gasteiger partial charge in [-0.3, -0.25) is 14.4 Å². The van der Waals surface area contributed by atoms with E-state index in [4.69, 9.17) is 5.11 Å². The molecule has 0 saturated carbocycles. The van der Waals surface area contributed by atoms with E-state index in [0.717, 1.165) is 24.9 Å². The van der Waals surface area contributed by atoms with E-state index in [1.165, 1.54) is 0 Å². The van der Waals surface area contributed by atoms with Crippen molar-refractivity contribution >= 4 is 23.5 Å². The Bertz CT molecular complexity index is 575. The molecule has 0 aromatic heterocycles. The Labute approximate surface area is 161 Å². The van der Waals surface area contributed by atoms with Crippen LogP contribution >= 0.6 is 0 Å². The maximum atomic E-state index is 12.1. The van der Waals surface area contributed by atoms with Crippen LogP contribution in [0.4, 0.5) is 5.69 Å². The fraction of sp³-hybridized carbons (Fsp3) is 0.571. The van der Waals surface area contributed by atoms with E-state index in [9.17, 15) is 14.4 Å². The minimum atomic E-state index is -0.802. The number of rotatable bonds is 14. The van der Waals surface area contributed by atoms with Gasteiger partial charge in [0.2, 0.25) is 11.8 Å². The number of nitrogens with one attached hydrogen (secondary N) is 2. The number of hydrogen-bond donors (Lipinski definition) is 3. The Hall–Kier alpha value is -2.37. The SMILES string of the molecule is CCCC[C@@H](CCCC(=O)O)NC(=O)CCCCC(=O)Nc1ccccc1. The fourth-order valence-corrected chi connectivity index (χ4v) is 2.85. The molecule has 2 amide bonds. The molecule has 0 fully saturated rings. The van der Waals surface area contributed by atoms with E-state index >= 15 is 0 Å². The van der Waals surface area contributed by atoms with E-state index in [-0.39, 0.29) is 24.3 Å². The maximum Gasteiger partial charge on any atom is 0.303 e. The van der Waals surface area contributed by atoms with Gasteiger partial charge in [-0.25, -0.2) is 0 Å². The Morgan fingerprint density at radius 3 is 2.15 bits per heavy atom. The van der Waals surface area contributed by atoms with Crippen LogP contribution in [0.5, 0.6) is 0 Å². The first kappa shape index (κ1) is 22.7. The number of amides is 2. The van der Waals surface area contributed by atoms with Gasteiger partial charge < -0.3 is 15.7 Å². The lowest BCUT2D eigenvalue weighted by Gasteiger charge is -2.18. The molecule has 0 aliphatic carbocycles. The zero-order valence-electron chi connectivity index (χ0n) is 16.2. The van der Waals surface area contributed by atoms with Crippen LogP contribution < -0.4 is 10.6 Å². The van der Waals surface area contributed by atoms with Crippen LogP contribution in [0, 0.1) is 0 Å². The molecule has 1 aromatic carbocycles. The van der Waals surface area contributed by atoms with Crippen molar-refractivity contribution in [1.29, 1.82) is 0 Å². The lowest BCUT2D eigenvalue weighted by molar-refractivity contribution is -0.137. The van der Waals surface area contributed by atoms with Gasteiger partial charge in [0.05, 0.1) is 0 Å². The lowest BCUT2D eigenvalue weighted by atomic mass is 10.0. The second kappa shape index (κ2) is 13.8. The summed E-state index contributed by atoms with van der Waals surface area (Å²) in [5, 5.41) is 14.6. The summed E-state index contributed by atoms with van der Waals surface area (Å²) in [6, 6.07) is 9.34. The van der Waals surface area contributed by atoms with E-state index in [0.29, 0.717) is 38.5 Å². The second-order valence-electron chi connectivity index (χ2n) is 6.81. The Morgan fingerprint density at radius 2 is 1.52 bits per heavy atom. The Kier molecular flexibility index (Phi) is 11.6. The highest BCUT2D eigenvalue weighted by Gasteiger charge is 2.13. The summed E-state index contributed by atoms with van der Waals surface area (Å²) in [4.78, 5) is 34.6. The van der Waals surface area contributed by atoms with Gasteiger partial charge in [0.1, 0.15) is 0 Å². The van der Waals surface area contributed by atoms with Crippen LogP contribution in [-0.4, -0.2) is 28.9 Å². The van der Waals surface area contributed by atoms with E-state index in [1.807, 2.05) is 30.3 Å². The fourth-order valence-electron chi connectivity index (χ4n) is 2.85. The van der Waals surface area contributed by atoms with Gasteiger partial charge in [0.15, 0.2) is 0 Å². The molecule has 0 unspecified atom stereocenters. The van der Waals surface area contributed by atoms with Gasteiger partial charge in [0.25, 0.3) is 0 Å². The van der Waals surface area contributed by atoms with Gasteiger partial charge in [0, 0.05) is 31.0 Å². The van der Waals surface area contributed by atoms with Crippen molar-refractivity contribution in [2.45, 2.75) is 77.2 Å². The van der Waals surface area contributed by atoms with E-state index in [1.54, 1.807) is 0 Å². The van der Waals surface area contributed by atoms with Crippen molar-refractivity contribution < 1.29 is 19.5 Å². The smallest absolute Gasteiger partial charge is 0.303 e. The normalized spacial score (nSPS) is 11.6. The zero-order chi connectivity index (χ0) is 19.9. The van der Waals surface area contributed by atoms with Crippen LogP contribution in [0.1, 0.15) is 71.1 Å². The Morgan fingerprint density at radius 1 is 0.889 bits per heavy atom. The molecule has 3 N–H and O–H groups in total. The number of anilines is 1. The summed E-state index contributed by atoms with van der Waals surface area (Å²) >= 11 is 0. The standard InChI is InChI=1S/C21H32N2O4/c1-2-3-10-17(13-9-16-21(26)27)22-19(24)14-7-8-15-20(25)23-18-11-5-4-6-12-18/h4-6,11-12,17H,2-3,7-10,13-16H2,1H3,(H,22,24)(H,23,25)(H,26,27)/t17-/m0/s1. The summed E-state index contributed by atoms with van der Waals surface area (Å²) in [7, 11) is 0. The van der Waals surface area contributed by atoms with Crippen LogP contribution in [0.2, 0.25) is 0 Å². The number of carboxylic acid groups (broad SMARTS) is 1. The first-order valence-electron chi connectivity index (χ1n) is 9.87. The number of carboxylic acids is 1. The van der Waals surface area contributed by atoms with Crippen molar-refractivity contribution in [2.75, 3.05) is 5.32 Å². The number of benzene rings is 1. The topological polar surface area (TPSA) is 95.5 Å². The molecule has 1 aromatic rings. The molecule has 6 heteroatoms. The largest absolute Gasteiger partial charge is 0.481 e. The highest BCUT2D eigenvalue weighted by molar-refractivity contribution is 5.90. The van der Waals surface area contributed by atoms with Crippen molar-refractivity contribution in [2.24, 2.45) is 0 Å². The van der Waals surface area contributed by atoms with Crippen molar-refractivity contribution in [3.05, 3.63) is 30.3 Å². The van der Waals surface area contributed by atoms with Gasteiger partial charge in [-0.1, -0.05) is 38.0 Å². The predicted molar refractivity (Wildman–Crippen MR) is 106 cm³/mol. The molecule has 0 saturated heterocycles. The third kappa shape index (κ3) is 11.8. The minimum Gasteiger partial charge on any atom is -0.481 e. The molecule has 6 nitrogen and oxygen atoms in total. The molecule has 1 atom stereocenters. The lowest BCUT2D eigenvalue weighted by Crippen LogP contribution is -2.34. The molecule has 1 rings (SSSR count). The van der Waals surface area contributed by atoms with Gasteiger partial charge in [-0.2, -0.15) is 0 Å². The molecule has 0 aliphatic rings. The van der Waals surface area contributed by atoms with Gasteiger partial charge >= 0.3 is 5.97 Å². The number of carbonyl (C=O) groups excluding carboxylic acids is 2. The molecule has 0 radical (unpaired) electrons. The number of unbranched alkanes of at least 4 members (excludes halogenated alkanes) is 2. The summed E-state index contributed by atoms with van der Waals surface area (Å²) in [6.45, 7) is 2.09. The maximum absolute atomic E-state index is 12.1. The summed E-state index contributed by atoms with van der Waals surface area (Å²) < 4.78 is 0. The number of para-hydroxylation sites is 1. The molecule has 0 bridgehead atoms. The third-order valence-corrected chi connectivity index (χ3v) is 4.33. The minimum absolute atomic E-state index is 0.0186. The summed E-state index contributed by atoms with van der Waals surface area (Å²) in [6.07, 6.45) is 6.42. The van der Waals surface area contributed by atoms with Crippen molar-refractivity contribution in [3.8, 4) is 0 Å². The average Bonchev–Trinajstić information content (AvgIpc) is 2.63. The van der Waals surface area contributed by atoms with Gasteiger partial charge in [-0.05, 0) is 44.2 Å². The summed E-state index contributed by atoms with van der Waals surface area (Å²) in [5.41, 5.74) is 0.778. The molecule has 0 aliphatic heterocycles. The predicted octanol–water partition coefficient (Wildman–Crippen LogP) is 4.12. The molecule has 0 spiro atoms. The second-order valence-corrected chi connectivity index (χ2v) is 6.81. The quantitative estimate of drug-likeness (QED) is 0.426. The highest BCUT2D eigenvalue weighted by Crippen LogP contribution is 2.11. The van der Waals surface area contributed by atoms with E-state index in [2.05, 4.69) is 17.6 Å².